The summed E-state index contributed by atoms with van der Waals surface area (Å²) in [6, 6.07) is 5.46. The summed E-state index contributed by atoms with van der Waals surface area (Å²) in [5, 5.41) is 0.986. The largest absolute Gasteiger partial charge is 0.488 e. The molecule has 140 valence electrons. The summed E-state index contributed by atoms with van der Waals surface area (Å²) in [6.45, 7) is 3.87. The van der Waals surface area contributed by atoms with Gasteiger partial charge < -0.3 is 18.3 Å². The van der Waals surface area contributed by atoms with E-state index in [4.69, 9.17) is 13.6 Å². The fourth-order valence-corrected chi connectivity index (χ4v) is 3.64. The molecule has 1 aliphatic rings. The van der Waals surface area contributed by atoms with Gasteiger partial charge in [-0.1, -0.05) is 0 Å². The molecule has 27 heavy (non-hydrogen) atoms. The van der Waals surface area contributed by atoms with Crippen LogP contribution >= 0.6 is 0 Å². The van der Waals surface area contributed by atoms with Gasteiger partial charge in [0.05, 0.1) is 7.11 Å². The Balaban J connectivity index is 1.65. The van der Waals surface area contributed by atoms with Crippen molar-refractivity contribution in [1.29, 1.82) is 0 Å². The normalized spacial score (nSPS) is 13.0. The van der Waals surface area contributed by atoms with Crippen LogP contribution in [0.2, 0.25) is 0 Å². The predicted octanol–water partition coefficient (Wildman–Crippen LogP) is 3.86. The summed E-state index contributed by atoms with van der Waals surface area (Å²) >= 11 is 0. The number of methoxy groups -OCH3 is 1. The average Bonchev–Trinajstić information content (AvgIpc) is 3.29. The van der Waals surface area contributed by atoms with E-state index in [1.807, 2.05) is 19.1 Å². The molecule has 0 N–H and O–H groups in total. The van der Waals surface area contributed by atoms with Gasteiger partial charge >= 0.3 is 11.6 Å². The third-order valence-electron chi connectivity index (χ3n) is 5.13. The van der Waals surface area contributed by atoms with Crippen molar-refractivity contribution in [2.45, 2.75) is 39.7 Å². The smallest absolute Gasteiger partial charge is 0.373 e. The average molecular weight is 368 g/mol. The van der Waals surface area contributed by atoms with Gasteiger partial charge in [-0.15, -0.1) is 0 Å². The maximum atomic E-state index is 12.2. The zero-order valence-electron chi connectivity index (χ0n) is 15.5. The molecule has 0 fully saturated rings. The Labute approximate surface area is 155 Å². The van der Waals surface area contributed by atoms with Crippen LogP contribution in [0.4, 0.5) is 0 Å². The molecular formula is C21H20O6. The molecule has 2 aromatic heterocycles. The molecular weight excluding hydrogens is 348 g/mol. The third kappa shape index (κ3) is 2.91. The molecule has 0 radical (unpaired) electrons. The van der Waals surface area contributed by atoms with Crippen LogP contribution in [-0.2, 0) is 24.2 Å². The molecule has 4 rings (SSSR count). The summed E-state index contributed by atoms with van der Waals surface area (Å²) in [7, 11) is 1.30. The number of ether oxygens (including phenoxy) is 2. The van der Waals surface area contributed by atoms with Gasteiger partial charge in [0.25, 0.3) is 0 Å². The summed E-state index contributed by atoms with van der Waals surface area (Å²) in [6.07, 6.45) is 2.67. The van der Waals surface area contributed by atoms with Gasteiger partial charge in [0, 0.05) is 22.1 Å². The van der Waals surface area contributed by atoms with Crippen molar-refractivity contribution < 1.29 is 23.1 Å². The first-order chi connectivity index (χ1) is 13.0. The Hall–Kier alpha value is -3.02. The third-order valence-corrected chi connectivity index (χ3v) is 5.13. The van der Waals surface area contributed by atoms with Crippen LogP contribution < -0.4 is 10.4 Å². The Morgan fingerprint density at radius 1 is 1.15 bits per heavy atom. The molecule has 0 saturated carbocycles. The van der Waals surface area contributed by atoms with Crippen molar-refractivity contribution in [2.75, 3.05) is 7.11 Å². The highest BCUT2D eigenvalue weighted by molar-refractivity contribution is 5.87. The number of hydrogen-bond donors (Lipinski definition) is 0. The molecule has 3 aromatic rings. The topological polar surface area (TPSA) is 78.9 Å². The zero-order valence-corrected chi connectivity index (χ0v) is 15.5. The second-order valence-electron chi connectivity index (χ2n) is 6.74. The number of esters is 1. The van der Waals surface area contributed by atoms with Crippen molar-refractivity contribution in [3.63, 3.8) is 0 Å². The lowest BCUT2D eigenvalue weighted by molar-refractivity contribution is 0.0563. The Morgan fingerprint density at radius 3 is 2.70 bits per heavy atom. The number of benzene rings is 1. The summed E-state index contributed by atoms with van der Waals surface area (Å²) in [5.74, 6) is 0.842. The van der Waals surface area contributed by atoms with Crippen LogP contribution in [0.15, 0.2) is 31.8 Å². The highest BCUT2D eigenvalue weighted by atomic mass is 16.5. The van der Waals surface area contributed by atoms with Crippen LogP contribution in [0.3, 0.4) is 0 Å². The second kappa shape index (κ2) is 6.61. The molecule has 2 heterocycles. The van der Waals surface area contributed by atoms with Gasteiger partial charge in [-0.2, -0.15) is 0 Å². The highest BCUT2D eigenvalue weighted by Gasteiger charge is 2.21. The quantitative estimate of drug-likeness (QED) is 0.514. The van der Waals surface area contributed by atoms with Gasteiger partial charge in [-0.3, -0.25) is 0 Å². The number of carbonyl (C=O) groups excluding carboxylic acids is 1. The van der Waals surface area contributed by atoms with Gasteiger partial charge in [-0.25, -0.2) is 9.59 Å². The second-order valence-corrected chi connectivity index (χ2v) is 6.74. The summed E-state index contributed by atoms with van der Waals surface area (Å²) in [4.78, 5) is 23.8. The van der Waals surface area contributed by atoms with Crippen LogP contribution in [0.25, 0.3) is 11.0 Å². The van der Waals surface area contributed by atoms with Crippen molar-refractivity contribution in [3.8, 4) is 5.75 Å². The minimum atomic E-state index is -0.526. The van der Waals surface area contributed by atoms with Gasteiger partial charge in [0.15, 0.2) is 0 Å². The number of rotatable bonds is 4. The number of furan rings is 1. The monoisotopic (exact) mass is 368 g/mol. The molecule has 0 saturated heterocycles. The summed E-state index contributed by atoms with van der Waals surface area (Å²) in [5.41, 5.74) is 3.78. The summed E-state index contributed by atoms with van der Waals surface area (Å²) < 4.78 is 21.6. The molecule has 6 heteroatoms. The highest BCUT2D eigenvalue weighted by Crippen LogP contribution is 2.33. The van der Waals surface area contributed by atoms with Gasteiger partial charge in [-0.05, 0) is 56.9 Å². The van der Waals surface area contributed by atoms with Crippen molar-refractivity contribution in [1.82, 2.24) is 0 Å². The molecule has 0 unspecified atom stereocenters. The first-order valence-electron chi connectivity index (χ1n) is 8.88. The van der Waals surface area contributed by atoms with E-state index in [9.17, 15) is 9.59 Å². The Bertz CT molecular complexity index is 1100. The minimum Gasteiger partial charge on any atom is -0.488 e. The zero-order chi connectivity index (χ0) is 19.1. The van der Waals surface area contributed by atoms with E-state index in [0.717, 1.165) is 46.9 Å². The molecule has 0 spiro atoms. The molecule has 1 aromatic carbocycles. The maximum Gasteiger partial charge on any atom is 0.373 e. The van der Waals surface area contributed by atoms with Crippen LogP contribution in [0, 0.1) is 13.8 Å². The fraction of sp³-hybridized carbons (Fsp3) is 0.333. The van der Waals surface area contributed by atoms with Crippen molar-refractivity contribution in [3.05, 3.63) is 62.4 Å². The van der Waals surface area contributed by atoms with E-state index in [1.54, 1.807) is 13.0 Å². The molecule has 0 atom stereocenters. The van der Waals surface area contributed by atoms with Gasteiger partial charge in [0.2, 0.25) is 5.76 Å². The van der Waals surface area contributed by atoms with Gasteiger partial charge in [0.1, 0.15) is 23.7 Å². The predicted molar refractivity (Wildman–Crippen MR) is 98.4 cm³/mol. The van der Waals surface area contributed by atoms with E-state index in [0.29, 0.717) is 17.1 Å². The first kappa shape index (κ1) is 17.4. The number of fused-ring (bicyclic) bond motifs is 3. The Kier molecular flexibility index (Phi) is 4.26. The molecule has 0 amide bonds. The fourth-order valence-electron chi connectivity index (χ4n) is 3.64. The van der Waals surface area contributed by atoms with Crippen molar-refractivity contribution >= 4 is 16.9 Å². The molecule has 0 aliphatic heterocycles. The molecule has 1 aliphatic carbocycles. The van der Waals surface area contributed by atoms with Crippen LogP contribution in [0.5, 0.6) is 5.75 Å². The van der Waals surface area contributed by atoms with Crippen molar-refractivity contribution in [2.24, 2.45) is 0 Å². The lowest BCUT2D eigenvalue weighted by Crippen LogP contribution is -2.08. The lowest BCUT2D eigenvalue weighted by atomic mass is 10.0. The number of hydrogen-bond acceptors (Lipinski definition) is 6. The van der Waals surface area contributed by atoms with Crippen LogP contribution in [-0.4, -0.2) is 13.1 Å². The van der Waals surface area contributed by atoms with E-state index in [1.165, 1.54) is 7.11 Å². The number of aryl methyl sites for hydroxylation is 3. The number of carbonyl (C=O) groups is 1. The van der Waals surface area contributed by atoms with E-state index in [2.05, 4.69) is 4.74 Å². The van der Waals surface area contributed by atoms with E-state index < -0.39 is 5.97 Å². The molecule has 6 nitrogen and oxygen atoms in total. The van der Waals surface area contributed by atoms with Crippen LogP contribution in [0.1, 0.15) is 45.0 Å². The maximum absolute atomic E-state index is 12.2. The first-order valence-corrected chi connectivity index (χ1v) is 8.88. The minimum absolute atomic E-state index is 0.144. The SMILES string of the molecule is COC(=O)c1cc(COc2ccc3c4c(c(=O)oc3c2C)CCC4)c(C)o1. The lowest BCUT2D eigenvalue weighted by Gasteiger charge is -2.12. The van der Waals surface area contributed by atoms with E-state index >= 15 is 0 Å². The Morgan fingerprint density at radius 2 is 1.93 bits per heavy atom. The molecule has 0 bridgehead atoms. The standard InChI is InChI=1S/C21H20O6/c1-11-17(25-10-13-9-18(21(23)24-3)26-12(13)2)8-7-15-14-5-4-6-16(14)20(22)27-19(11)15/h7-9H,4-6,10H2,1-3H3. The van der Waals surface area contributed by atoms with E-state index in [-0.39, 0.29) is 18.0 Å².